The number of hydrogen-bond donors (Lipinski definition) is 1. The van der Waals surface area contributed by atoms with Gasteiger partial charge in [0.15, 0.2) is 11.6 Å². The van der Waals surface area contributed by atoms with E-state index in [1.807, 2.05) is 6.07 Å². The van der Waals surface area contributed by atoms with Crippen molar-refractivity contribution >= 4 is 5.69 Å². The lowest BCUT2D eigenvalue weighted by Crippen LogP contribution is -2.11. The second-order valence-corrected chi connectivity index (χ2v) is 5.27. The van der Waals surface area contributed by atoms with Gasteiger partial charge in [-0.1, -0.05) is 30.7 Å². The Morgan fingerprint density at radius 2 is 1.80 bits per heavy atom. The van der Waals surface area contributed by atoms with Gasteiger partial charge in [0.2, 0.25) is 0 Å². The second-order valence-electron chi connectivity index (χ2n) is 5.27. The fraction of sp³-hybridized carbons (Fsp3) is 0.294. The first kappa shape index (κ1) is 13.1. The summed E-state index contributed by atoms with van der Waals surface area (Å²) in [5, 5.41) is 3.34. The molecule has 0 amide bonds. The number of rotatable bonds is 2. The van der Waals surface area contributed by atoms with Crippen molar-refractivity contribution in [1.82, 2.24) is 0 Å². The Hall–Kier alpha value is -1.90. The van der Waals surface area contributed by atoms with E-state index in [4.69, 9.17) is 0 Å². The van der Waals surface area contributed by atoms with Gasteiger partial charge in [-0.2, -0.15) is 0 Å². The molecule has 3 heteroatoms. The molecule has 2 aromatic carbocycles. The Morgan fingerprint density at radius 1 is 0.950 bits per heavy atom. The Kier molecular flexibility index (Phi) is 3.68. The number of anilines is 1. The molecule has 3 rings (SSSR count). The lowest BCUT2D eigenvalue weighted by Gasteiger charge is -2.20. The van der Waals surface area contributed by atoms with Crippen LogP contribution in [0.4, 0.5) is 14.5 Å². The van der Waals surface area contributed by atoms with Crippen molar-refractivity contribution in [1.29, 1.82) is 0 Å². The van der Waals surface area contributed by atoms with Crippen molar-refractivity contribution in [3.63, 3.8) is 0 Å². The van der Waals surface area contributed by atoms with Crippen LogP contribution >= 0.6 is 0 Å². The molecular formula is C17H17F2N. The third-order valence-electron chi connectivity index (χ3n) is 3.88. The van der Waals surface area contributed by atoms with Gasteiger partial charge in [0.25, 0.3) is 0 Å². The summed E-state index contributed by atoms with van der Waals surface area (Å²) < 4.78 is 26.3. The maximum atomic E-state index is 13.3. The Balaban J connectivity index is 1.88. The maximum Gasteiger partial charge on any atom is 0.160 e. The smallest absolute Gasteiger partial charge is 0.160 e. The zero-order valence-electron chi connectivity index (χ0n) is 11.2. The average molecular weight is 273 g/mol. The van der Waals surface area contributed by atoms with E-state index in [1.54, 1.807) is 6.07 Å². The minimum absolute atomic E-state index is 0.165. The second kappa shape index (κ2) is 5.61. The monoisotopic (exact) mass is 273 g/mol. The highest BCUT2D eigenvalue weighted by Gasteiger charge is 2.18. The van der Waals surface area contributed by atoms with E-state index < -0.39 is 11.6 Å². The number of nitrogens with one attached hydrogen (secondary N) is 1. The van der Waals surface area contributed by atoms with Crippen LogP contribution in [-0.4, -0.2) is 0 Å². The number of halogens is 2. The van der Waals surface area contributed by atoms with Crippen molar-refractivity contribution < 1.29 is 8.78 Å². The Morgan fingerprint density at radius 3 is 2.65 bits per heavy atom. The van der Waals surface area contributed by atoms with Crippen LogP contribution < -0.4 is 5.32 Å². The summed E-state index contributed by atoms with van der Waals surface area (Å²) in [6.45, 7) is 0. The zero-order valence-corrected chi connectivity index (χ0v) is 11.2. The highest BCUT2D eigenvalue weighted by molar-refractivity contribution is 5.47. The van der Waals surface area contributed by atoms with Gasteiger partial charge in [-0.05, 0) is 42.5 Å². The first-order valence-corrected chi connectivity index (χ1v) is 7.03. The SMILES string of the molecule is Fc1ccc(NC2CCCCc3ccccc32)cc1F. The number of fused-ring (bicyclic) bond motifs is 1. The van der Waals surface area contributed by atoms with E-state index in [0.29, 0.717) is 5.69 Å². The molecule has 0 heterocycles. The van der Waals surface area contributed by atoms with Crippen molar-refractivity contribution in [2.45, 2.75) is 31.7 Å². The van der Waals surface area contributed by atoms with E-state index >= 15 is 0 Å². The fourth-order valence-electron chi connectivity index (χ4n) is 2.86. The van der Waals surface area contributed by atoms with E-state index in [1.165, 1.54) is 29.7 Å². The molecule has 1 aliphatic carbocycles. The van der Waals surface area contributed by atoms with Crippen LogP contribution in [0.5, 0.6) is 0 Å². The standard InChI is InChI=1S/C17H17F2N/c18-15-10-9-13(11-16(15)19)20-17-8-4-2-6-12-5-1-3-7-14(12)17/h1,3,5,7,9-11,17,20H,2,4,6,8H2. The predicted octanol–water partition coefficient (Wildman–Crippen LogP) is 4.84. The summed E-state index contributed by atoms with van der Waals surface area (Å²) in [6, 6.07) is 12.5. The van der Waals surface area contributed by atoms with Gasteiger partial charge in [-0.25, -0.2) is 8.78 Å². The summed E-state index contributed by atoms with van der Waals surface area (Å²) in [7, 11) is 0. The van der Waals surface area contributed by atoms with Crippen molar-refractivity contribution in [2.24, 2.45) is 0 Å². The first-order chi connectivity index (χ1) is 9.74. The molecular weight excluding hydrogens is 256 g/mol. The molecule has 20 heavy (non-hydrogen) atoms. The molecule has 0 bridgehead atoms. The van der Waals surface area contributed by atoms with Crippen molar-refractivity contribution in [3.05, 3.63) is 65.2 Å². The fourth-order valence-corrected chi connectivity index (χ4v) is 2.86. The molecule has 0 saturated carbocycles. The summed E-state index contributed by atoms with van der Waals surface area (Å²) in [6.07, 6.45) is 4.41. The first-order valence-electron chi connectivity index (χ1n) is 7.03. The molecule has 1 nitrogen and oxygen atoms in total. The van der Waals surface area contributed by atoms with Gasteiger partial charge in [-0.15, -0.1) is 0 Å². The molecule has 0 aromatic heterocycles. The molecule has 0 aliphatic heterocycles. The van der Waals surface area contributed by atoms with Crippen molar-refractivity contribution in [3.8, 4) is 0 Å². The van der Waals surface area contributed by atoms with Crippen LogP contribution in [-0.2, 0) is 6.42 Å². The molecule has 1 N–H and O–H groups in total. The highest BCUT2D eigenvalue weighted by Crippen LogP contribution is 2.31. The van der Waals surface area contributed by atoms with Gasteiger partial charge >= 0.3 is 0 Å². The molecule has 104 valence electrons. The summed E-state index contributed by atoms with van der Waals surface area (Å²) in [5.41, 5.74) is 3.26. The third-order valence-corrected chi connectivity index (χ3v) is 3.88. The van der Waals surface area contributed by atoms with Crippen LogP contribution in [0.25, 0.3) is 0 Å². The maximum absolute atomic E-state index is 13.3. The van der Waals surface area contributed by atoms with E-state index in [0.717, 1.165) is 19.3 Å². The predicted molar refractivity (Wildman–Crippen MR) is 76.7 cm³/mol. The van der Waals surface area contributed by atoms with Gasteiger partial charge < -0.3 is 5.32 Å². The van der Waals surface area contributed by atoms with Crippen LogP contribution in [0.1, 0.15) is 36.4 Å². The van der Waals surface area contributed by atoms with Gasteiger partial charge in [0, 0.05) is 11.8 Å². The number of aryl methyl sites for hydroxylation is 1. The minimum atomic E-state index is -0.809. The molecule has 0 radical (unpaired) electrons. The van der Waals surface area contributed by atoms with E-state index in [-0.39, 0.29) is 6.04 Å². The van der Waals surface area contributed by atoms with Crippen molar-refractivity contribution in [2.75, 3.05) is 5.32 Å². The Bertz CT molecular complexity index is 610. The van der Waals surface area contributed by atoms with Gasteiger partial charge in [0.05, 0.1) is 6.04 Å². The van der Waals surface area contributed by atoms with Crippen LogP contribution in [0, 0.1) is 11.6 Å². The van der Waals surface area contributed by atoms with Crippen LogP contribution in [0.2, 0.25) is 0 Å². The van der Waals surface area contributed by atoms with Gasteiger partial charge in [-0.3, -0.25) is 0 Å². The lowest BCUT2D eigenvalue weighted by molar-refractivity contribution is 0.508. The van der Waals surface area contributed by atoms with E-state index in [2.05, 4.69) is 23.5 Å². The summed E-state index contributed by atoms with van der Waals surface area (Å²) >= 11 is 0. The molecule has 1 aliphatic rings. The highest BCUT2D eigenvalue weighted by atomic mass is 19.2. The van der Waals surface area contributed by atoms with Crippen LogP contribution in [0.3, 0.4) is 0 Å². The summed E-state index contributed by atoms with van der Waals surface area (Å²) in [4.78, 5) is 0. The topological polar surface area (TPSA) is 12.0 Å². The van der Waals surface area contributed by atoms with Crippen LogP contribution in [0.15, 0.2) is 42.5 Å². The largest absolute Gasteiger partial charge is 0.378 e. The molecule has 1 atom stereocenters. The lowest BCUT2D eigenvalue weighted by atomic mass is 9.99. The normalized spacial score (nSPS) is 18.2. The molecule has 0 spiro atoms. The van der Waals surface area contributed by atoms with E-state index in [9.17, 15) is 8.78 Å². The average Bonchev–Trinajstić information content (AvgIpc) is 2.66. The Labute approximate surface area is 117 Å². The summed E-state index contributed by atoms with van der Waals surface area (Å²) in [5.74, 6) is -1.62. The molecule has 0 saturated heterocycles. The quantitative estimate of drug-likeness (QED) is 0.772. The molecule has 2 aromatic rings. The zero-order chi connectivity index (χ0) is 13.9. The minimum Gasteiger partial charge on any atom is -0.378 e. The molecule has 0 fully saturated rings. The number of hydrogen-bond acceptors (Lipinski definition) is 1. The third kappa shape index (κ3) is 2.67. The molecule has 1 unspecified atom stereocenters. The van der Waals surface area contributed by atoms with Gasteiger partial charge in [0.1, 0.15) is 0 Å². The number of benzene rings is 2.